The standard InChI is InChI=1S/C24H34N2O4/c1-5-6-7-16-30-18-10-8-17(9-11-18)25-20(27)13-15-26-21(28)19-12-14-24(4,22(26)29)23(19,2)3/h8-11,19H,5-7,12-16H2,1-4H3,(H,25,27). The molecule has 2 bridgehead atoms. The summed E-state index contributed by atoms with van der Waals surface area (Å²) in [6, 6.07) is 7.27. The lowest BCUT2D eigenvalue weighted by atomic mass is 9.62. The van der Waals surface area contributed by atoms with Gasteiger partial charge in [0.25, 0.3) is 0 Å². The first kappa shape index (κ1) is 22.3. The quantitative estimate of drug-likeness (QED) is 0.480. The molecular weight excluding hydrogens is 380 g/mol. The van der Waals surface area contributed by atoms with Crippen LogP contribution in [-0.4, -0.2) is 35.8 Å². The summed E-state index contributed by atoms with van der Waals surface area (Å²) in [6.07, 6.45) is 4.89. The maximum absolute atomic E-state index is 13.0. The monoisotopic (exact) mass is 414 g/mol. The van der Waals surface area contributed by atoms with E-state index >= 15 is 0 Å². The maximum Gasteiger partial charge on any atom is 0.235 e. The van der Waals surface area contributed by atoms with Crippen LogP contribution in [0.3, 0.4) is 0 Å². The number of imide groups is 1. The molecule has 1 N–H and O–H groups in total. The second kappa shape index (κ2) is 8.78. The van der Waals surface area contributed by atoms with Crippen molar-refractivity contribution in [2.24, 2.45) is 16.7 Å². The van der Waals surface area contributed by atoms with Crippen LogP contribution in [0.15, 0.2) is 24.3 Å². The fourth-order valence-electron chi connectivity index (χ4n) is 4.73. The lowest BCUT2D eigenvalue weighted by Gasteiger charge is -2.47. The van der Waals surface area contributed by atoms with Gasteiger partial charge in [-0.1, -0.05) is 40.5 Å². The molecule has 164 valence electrons. The van der Waals surface area contributed by atoms with Crippen molar-refractivity contribution >= 4 is 23.4 Å². The van der Waals surface area contributed by atoms with E-state index in [1.807, 2.05) is 32.9 Å². The normalized spacial score (nSPS) is 24.8. The highest BCUT2D eigenvalue weighted by molar-refractivity contribution is 6.04. The second-order valence-corrected chi connectivity index (χ2v) is 9.32. The third-order valence-electron chi connectivity index (χ3n) is 7.22. The number of likely N-dealkylation sites (tertiary alicyclic amines) is 1. The van der Waals surface area contributed by atoms with Crippen LogP contribution in [0.5, 0.6) is 5.75 Å². The molecule has 1 heterocycles. The predicted octanol–water partition coefficient (Wildman–Crippen LogP) is 4.40. The Kier molecular flexibility index (Phi) is 6.53. The van der Waals surface area contributed by atoms with Crippen molar-refractivity contribution < 1.29 is 19.1 Å². The lowest BCUT2D eigenvalue weighted by Crippen LogP contribution is -2.59. The highest BCUT2D eigenvalue weighted by atomic mass is 16.5. The highest BCUT2D eigenvalue weighted by Crippen LogP contribution is 2.60. The number of anilines is 1. The van der Waals surface area contributed by atoms with Gasteiger partial charge in [-0.2, -0.15) is 0 Å². The first-order valence-electron chi connectivity index (χ1n) is 11.1. The Morgan fingerprint density at radius 3 is 2.53 bits per heavy atom. The second-order valence-electron chi connectivity index (χ2n) is 9.32. The zero-order valence-electron chi connectivity index (χ0n) is 18.6. The molecule has 2 atom stereocenters. The van der Waals surface area contributed by atoms with Crippen molar-refractivity contribution in [3.05, 3.63) is 24.3 Å². The van der Waals surface area contributed by atoms with E-state index in [-0.39, 0.29) is 42.0 Å². The first-order chi connectivity index (χ1) is 14.2. The number of piperidine rings is 1. The summed E-state index contributed by atoms with van der Waals surface area (Å²) in [5.74, 6) is 0.156. The van der Waals surface area contributed by atoms with Gasteiger partial charge >= 0.3 is 0 Å². The number of nitrogens with one attached hydrogen (secondary N) is 1. The molecule has 30 heavy (non-hydrogen) atoms. The smallest absolute Gasteiger partial charge is 0.235 e. The van der Waals surface area contributed by atoms with Crippen molar-refractivity contribution in [2.45, 2.75) is 66.2 Å². The van der Waals surface area contributed by atoms with E-state index in [1.165, 1.54) is 4.90 Å². The molecule has 2 unspecified atom stereocenters. The Bertz CT molecular complexity index is 802. The number of nitrogens with zero attached hydrogens (tertiary/aromatic N) is 1. The van der Waals surface area contributed by atoms with E-state index in [0.29, 0.717) is 12.3 Å². The summed E-state index contributed by atoms with van der Waals surface area (Å²) in [5, 5.41) is 2.83. The van der Waals surface area contributed by atoms with Gasteiger partial charge in [-0.25, -0.2) is 0 Å². The summed E-state index contributed by atoms with van der Waals surface area (Å²) in [7, 11) is 0. The SMILES string of the molecule is CCCCCOc1ccc(NC(=O)CCN2C(=O)C3CCC(C)(C2=O)C3(C)C)cc1. The van der Waals surface area contributed by atoms with Crippen LogP contribution in [0.1, 0.15) is 66.2 Å². The van der Waals surface area contributed by atoms with Gasteiger partial charge in [0.1, 0.15) is 5.75 Å². The minimum Gasteiger partial charge on any atom is -0.494 e. The van der Waals surface area contributed by atoms with E-state index < -0.39 is 5.41 Å². The molecule has 0 radical (unpaired) electrons. The molecule has 3 rings (SSSR count). The highest BCUT2D eigenvalue weighted by Gasteiger charge is 2.64. The number of carbonyl (C=O) groups excluding carboxylic acids is 3. The molecule has 1 aromatic rings. The molecular formula is C24H34N2O4. The molecule has 3 amide bonds. The molecule has 1 saturated carbocycles. The number of amides is 3. The third kappa shape index (κ3) is 4.09. The van der Waals surface area contributed by atoms with Gasteiger partial charge < -0.3 is 10.1 Å². The van der Waals surface area contributed by atoms with E-state index in [0.717, 1.165) is 37.9 Å². The van der Waals surface area contributed by atoms with Gasteiger partial charge in [-0.05, 0) is 48.9 Å². The van der Waals surface area contributed by atoms with Gasteiger partial charge in [0.05, 0.1) is 12.0 Å². The van der Waals surface area contributed by atoms with E-state index in [1.54, 1.807) is 12.1 Å². The fraction of sp³-hybridized carbons (Fsp3) is 0.625. The van der Waals surface area contributed by atoms with Crippen LogP contribution in [0.4, 0.5) is 5.69 Å². The van der Waals surface area contributed by atoms with Crippen molar-refractivity contribution in [3.8, 4) is 5.75 Å². The van der Waals surface area contributed by atoms with Gasteiger partial charge in [0.15, 0.2) is 0 Å². The minimum atomic E-state index is -0.533. The fourth-order valence-corrected chi connectivity index (χ4v) is 4.73. The van der Waals surface area contributed by atoms with Gasteiger partial charge in [0, 0.05) is 24.6 Å². The molecule has 1 aliphatic carbocycles. The Hall–Kier alpha value is -2.37. The van der Waals surface area contributed by atoms with Crippen LogP contribution in [0.2, 0.25) is 0 Å². The van der Waals surface area contributed by atoms with Crippen LogP contribution < -0.4 is 10.1 Å². The Morgan fingerprint density at radius 1 is 1.17 bits per heavy atom. The third-order valence-corrected chi connectivity index (χ3v) is 7.22. The number of ether oxygens (including phenoxy) is 1. The van der Waals surface area contributed by atoms with E-state index in [9.17, 15) is 14.4 Å². The zero-order valence-corrected chi connectivity index (χ0v) is 18.6. The predicted molar refractivity (Wildman–Crippen MR) is 116 cm³/mol. The van der Waals surface area contributed by atoms with Crippen molar-refractivity contribution in [1.29, 1.82) is 0 Å². The van der Waals surface area contributed by atoms with E-state index in [4.69, 9.17) is 4.74 Å². The molecule has 0 spiro atoms. The van der Waals surface area contributed by atoms with Crippen molar-refractivity contribution in [1.82, 2.24) is 4.90 Å². The largest absolute Gasteiger partial charge is 0.494 e. The van der Waals surface area contributed by atoms with Gasteiger partial charge in [0.2, 0.25) is 17.7 Å². The molecule has 2 aliphatic rings. The van der Waals surface area contributed by atoms with E-state index in [2.05, 4.69) is 12.2 Å². The number of benzene rings is 1. The number of hydrogen-bond donors (Lipinski definition) is 1. The van der Waals surface area contributed by atoms with Crippen molar-refractivity contribution in [3.63, 3.8) is 0 Å². The van der Waals surface area contributed by atoms with Crippen LogP contribution >= 0.6 is 0 Å². The first-order valence-corrected chi connectivity index (χ1v) is 11.1. The topological polar surface area (TPSA) is 75.7 Å². The molecule has 1 aliphatic heterocycles. The summed E-state index contributed by atoms with van der Waals surface area (Å²) in [5.41, 5.74) is -0.194. The van der Waals surface area contributed by atoms with Crippen LogP contribution in [-0.2, 0) is 14.4 Å². The lowest BCUT2D eigenvalue weighted by molar-refractivity contribution is -0.167. The number of hydrogen-bond acceptors (Lipinski definition) is 4. The summed E-state index contributed by atoms with van der Waals surface area (Å²) >= 11 is 0. The zero-order chi connectivity index (χ0) is 21.9. The molecule has 1 aromatic carbocycles. The Morgan fingerprint density at radius 2 is 1.87 bits per heavy atom. The molecule has 6 heteroatoms. The molecule has 1 saturated heterocycles. The van der Waals surface area contributed by atoms with Gasteiger partial charge in [-0.3, -0.25) is 19.3 Å². The molecule has 0 aromatic heterocycles. The number of unbranched alkanes of at least 4 members (excludes halogenated alkanes) is 2. The maximum atomic E-state index is 13.0. The summed E-state index contributed by atoms with van der Waals surface area (Å²) in [4.78, 5) is 39.6. The average Bonchev–Trinajstić information content (AvgIpc) is 2.90. The van der Waals surface area contributed by atoms with Crippen molar-refractivity contribution in [2.75, 3.05) is 18.5 Å². The molecule has 6 nitrogen and oxygen atoms in total. The van der Waals surface area contributed by atoms with Crippen LogP contribution in [0, 0.1) is 16.7 Å². The Labute approximate surface area is 179 Å². The number of rotatable bonds is 9. The van der Waals surface area contributed by atoms with Gasteiger partial charge in [-0.15, -0.1) is 0 Å². The van der Waals surface area contributed by atoms with Crippen LogP contribution in [0.25, 0.3) is 0 Å². The average molecular weight is 415 g/mol. The number of carbonyl (C=O) groups is 3. The number of fused-ring (bicyclic) bond motifs is 2. The Balaban J connectivity index is 1.51. The summed E-state index contributed by atoms with van der Waals surface area (Å²) < 4.78 is 5.68. The minimum absolute atomic E-state index is 0.0932. The summed E-state index contributed by atoms with van der Waals surface area (Å²) in [6.45, 7) is 8.96. The molecule has 2 fully saturated rings.